The van der Waals surface area contributed by atoms with E-state index in [1.807, 2.05) is 12.3 Å². The Labute approximate surface area is 68.8 Å². The van der Waals surface area contributed by atoms with Gasteiger partial charge in [0.2, 0.25) is 6.08 Å². The first kappa shape index (κ1) is 8.11. The molecule has 0 aromatic carbocycles. The molecule has 11 heavy (non-hydrogen) atoms. The Morgan fingerprint density at radius 3 is 3.18 bits per heavy atom. The smallest absolute Gasteiger partial charge is 0.234 e. The first-order valence-electron chi connectivity index (χ1n) is 3.27. The summed E-state index contributed by atoms with van der Waals surface area (Å²) < 4.78 is 0. The second kappa shape index (κ2) is 4.01. The molecule has 0 aliphatic heterocycles. The van der Waals surface area contributed by atoms with Crippen LogP contribution in [-0.2, 0) is 11.2 Å². The molecule has 0 N–H and O–H groups in total. The van der Waals surface area contributed by atoms with Crippen LogP contribution in [0.5, 0.6) is 0 Å². The van der Waals surface area contributed by atoms with Crippen LogP contribution in [0.1, 0.15) is 10.7 Å². The van der Waals surface area contributed by atoms with Crippen molar-refractivity contribution in [2.45, 2.75) is 13.3 Å². The maximum atomic E-state index is 9.69. The van der Waals surface area contributed by atoms with Crippen LogP contribution in [0.25, 0.3) is 0 Å². The van der Waals surface area contributed by atoms with E-state index in [1.165, 1.54) is 6.08 Å². The van der Waals surface area contributed by atoms with Crippen LogP contribution in [0.4, 0.5) is 0 Å². The highest BCUT2D eigenvalue weighted by Gasteiger charge is 1.95. The zero-order valence-corrected chi connectivity index (χ0v) is 7.02. The average Bonchev–Trinajstić information content (AvgIpc) is 2.37. The lowest BCUT2D eigenvalue weighted by Crippen LogP contribution is -1.87. The number of hydrogen-bond donors (Lipinski definition) is 0. The minimum Gasteiger partial charge on any atom is -0.247 e. The number of aryl methyl sites for hydroxylation is 1. The summed E-state index contributed by atoms with van der Waals surface area (Å²) in [4.78, 5) is 17.3. The number of nitrogens with zero attached hydrogens (tertiary/aromatic N) is 2. The summed E-state index contributed by atoms with van der Waals surface area (Å²) in [5.74, 6) is 0. The van der Waals surface area contributed by atoms with Gasteiger partial charge in [-0.15, -0.1) is 11.3 Å². The molecule has 0 fully saturated rings. The number of aliphatic imine (C=N–C) groups is 1. The van der Waals surface area contributed by atoms with E-state index in [0.29, 0.717) is 6.54 Å². The highest BCUT2D eigenvalue weighted by atomic mass is 32.1. The highest BCUT2D eigenvalue weighted by molar-refractivity contribution is 7.09. The maximum Gasteiger partial charge on any atom is 0.234 e. The second-order valence-electron chi connectivity index (χ2n) is 2.11. The molecule has 1 rings (SSSR count). The Morgan fingerprint density at radius 2 is 2.64 bits per heavy atom. The van der Waals surface area contributed by atoms with Crippen LogP contribution in [0.15, 0.2) is 10.4 Å². The normalized spacial score (nSPS) is 9.18. The summed E-state index contributed by atoms with van der Waals surface area (Å²) >= 11 is 1.60. The Bertz CT molecular complexity index is 276. The third-order valence-electron chi connectivity index (χ3n) is 1.17. The minimum atomic E-state index is 0.496. The number of thiazole rings is 1. The van der Waals surface area contributed by atoms with Crippen molar-refractivity contribution in [3.63, 3.8) is 0 Å². The molecule has 0 unspecified atom stereocenters. The van der Waals surface area contributed by atoms with E-state index in [2.05, 4.69) is 9.98 Å². The van der Waals surface area contributed by atoms with Crippen molar-refractivity contribution in [3.05, 3.63) is 16.1 Å². The summed E-state index contributed by atoms with van der Waals surface area (Å²) in [7, 11) is 0. The molecule has 0 spiro atoms. The van der Waals surface area contributed by atoms with Crippen molar-refractivity contribution in [1.82, 2.24) is 4.98 Å². The van der Waals surface area contributed by atoms with Crippen molar-refractivity contribution in [2.75, 3.05) is 6.54 Å². The fourth-order valence-electron chi connectivity index (χ4n) is 0.715. The van der Waals surface area contributed by atoms with Gasteiger partial charge in [0.15, 0.2) is 0 Å². The standard InChI is InChI=1S/C7H8N2OS/c1-6-4-11-7(9-6)2-3-8-5-10/h4H,2-3H2,1H3. The predicted molar refractivity (Wildman–Crippen MR) is 43.5 cm³/mol. The van der Waals surface area contributed by atoms with Gasteiger partial charge in [0, 0.05) is 17.5 Å². The molecule has 0 saturated heterocycles. The number of isocyanates is 1. The molecule has 0 aliphatic rings. The molecule has 0 bridgehead atoms. The molecular formula is C7H8N2OS. The van der Waals surface area contributed by atoms with Gasteiger partial charge in [-0.25, -0.2) is 14.8 Å². The zero-order chi connectivity index (χ0) is 8.10. The van der Waals surface area contributed by atoms with Gasteiger partial charge in [0.25, 0.3) is 0 Å². The summed E-state index contributed by atoms with van der Waals surface area (Å²) in [6.45, 7) is 2.44. The molecule has 0 atom stereocenters. The average molecular weight is 168 g/mol. The Hall–Kier alpha value is -0.990. The molecule has 0 amide bonds. The molecule has 4 heteroatoms. The predicted octanol–water partition coefficient (Wildman–Crippen LogP) is 1.33. The van der Waals surface area contributed by atoms with Gasteiger partial charge in [0.05, 0.1) is 11.6 Å². The molecule has 0 radical (unpaired) electrons. The summed E-state index contributed by atoms with van der Waals surface area (Å²) in [6, 6.07) is 0. The molecule has 1 aromatic heterocycles. The lowest BCUT2D eigenvalue weighted by Gasteiger charge is -1.86. The highest BCUT2D eigenvalue weighted by Crippen LogP contribution is 2.08. The molecule has 1 heterocycles. The van der Waals surface area contributed by atoms with Crippen LogP contribution >= 0.6 is 11.3 Å². The van der Waals surface area contributed by atoms with E-state index in [4.69, 9.17) is 0 Å². The van der Waals surface area contributed by atoms with Crippen molar-refractivity contribution in [1.29, 1.82) is 0 Å². The van der Waals surface area contributed by atoms with Crippen LogP contribution in [0.3, 0.4) is 0 Å². The van der Waals surface area contributed by atoms with Gasteiger partial charge < -0.3 is 0 Å². The first-order chi connectivity index (χ1) is 5.33. The van der Waals surface area contributed by atoms with Crippen LogP contribution in [0, 0.1) is 6.92 Å². The van der Waals surface area contributed by atoms with E-state index in [0.717, 1.165) is 17.1 Å². The maximum absolute atomic E-state index is 9.69. The second-order valence-corrected chi connectivity index (χ2v) is 3.05. The fourth-order valence-corrected chi connectivity index (χ4v) is 1.48. The van der Waals surface area contributed by atoms with E-state index < -0.39 is 0 Å². The van der Waals surface area contributed by atoms with E-state index >= 15 is 0 Å². The Morgan fingerprint density at radius 1 is 1.82 bits per heavy atom. The number of aromatic nitrogens is 1. The quantitative estimate of drug-likeness (QED) is 0.504. The molecule has 1 aromatic rings. The monoisotopic (exact) mass is 168 g/mol. The molecule has 0 saturated carbocycles. The van der Waals surface area contributed by atoms with Crippen molar-refractivity contribution >= 4 is 17.4 Å². The van der Waals surface area contributed by atoms with Crippen LogP contribution in [-0.4, -0.2) is 17.6 Å². The van der Waals surface area contributed by atoms with Crippen molar-refractivity contribution < 1.29 is 4.79 Å². The van der Waals surface area contributed by atoms with Crippen LogP contribution < -0.4 is 0 Å². The third kappa shape index (κ3) is 2.62. The summed E-state index contributed by atoms with van der Waals surface area (Å²) in [6.07, 6.45) is 2.24. The minimum absolute atomic E-state index is 0.496. The lowest BCUT2D eigenvalue weighted by atomic mass is 10.4. The van der Waals surface area contributed by atoms with Gasteiger partial charge in [-0.2, -0.15) is 0 Å². The number of rotatable bonds is 3. The molecule has 3 nitrogen and oxygen atoms in total. The van der Waals surface area contributed by atoms with Crippen LogP contribution in [0.2, 0.25) is 0 Å². The van der Waals surface area contributed by atoms with Crippen molar-refractivity contribution in [2.24, 2.45) is 4.99 Å². The van der Waals surface area contributed by atoms with Gasteiger partial charge >= 0.3 is 0 Å². The van der Waals surface area contributed by atoms with Gasteiger partial charge in [0.1, 0.15) is 0 Å². The van der Waals surface area contributed by atoms with Gasteiger partial charge in [-0.1, -0.05) is 0 Å². The zero-order valence-electron chi connectivity index (χ0n) is 6.20. The Balaban J connectivity index is 2.44. The molecule has 0 aliphatic carbocycles. The van der Waals surface area contributed by atoms with Gasteiger partial charge in [-0.05, 0) is 6.92 Å². The molecular weight excluding hydrogens is 160 g/mol. The largest absolute Gasteiger partial charge is 0.247 e. The summed E-state index contributed by atoms with van der Waals surface area (Å²) in [5, 5.41) is 3.02. The third-order valence-corrected chi connectivity index (χ3v) is 2.20. The lowest BCUT2D eigenvalue weighted by molar-refractivity contribution is 0.563. The van der Waals surface area contributed by atoms with Gasteiger partial charge in [-0.3, -0.25) is 0 Å². The SMILES string of the molecule is Cc1csc(CCN=C=O)n1. The van der Waals surface area contributed by atoms with E-state index in [-0.39, 0.29) is 0 Å². The number of hydrogen-bond acceptors (Lipinski definition) is 4. The summed E-state index contributed by atoms with van der Waals surface area (Å²) in [5.41, 5.74) is 1.03. The van der Waals surface area contributed by atoms with Crippen molar-refractivity contribution in [3.8, 4) is 0 Å². The Kier molecular flexibility index (Phi) is 2.95. The number of carbonyl (C=O) groups excluding carboxylic acids is 1. The van der Waals surface area contributed by atoms with E-state index in [1.54, 1.807) is 11.3 Å². The first-order valence-corrected chi connectivity index (χ1v) is 4.15. The van der Waals surface area contributed by atoms with E-state index in [9.17, 15) is 4.79 Å². The molecule has 58 valence electrons. The fraction of sp³-hybridized carbons (Fsp3) is 0.429. The topological polar surface area (TPSA) is 42.3 Å².